The largest absolute Gasteiger partial charge is 0.445 e. The standard InChI is InChI=1S/C22H20F3NO4/c23-18-9-20(25)19(24)8-17(18)21(27)14-6-15-11-29-12-16(7-14)26(15)22(28)30-10-13-4-2-1-3-5-13/h1-5,8-9,14-16H,6-7,10-12H2. The van der Waals surface area contributed by atoms with Crippen LogP contribution in [0.15, 0.2) is 42.5 Å². The van der Waals surface area contributed by atoms with Gasteiger partial charge in [-0.1, -0.05) is 30.3 Å². The molecular formula is C22H20F3NO4. The minimum Gasteiger partial charge on any atom is -0.445 e. The molecule has 0 spiro atoms. The molecule has 2 heterocycles. The van der Waals surface area contributed by atoms with Gasteiger partial charge < -0.3 is 9.47 Å². The van der Waals surface area contributed by atoms with Crippen LogP contribution in [0.1, 0.15) is 28.8 Å². The second-order valence-corrected chi connectivity index (χ2v) is 7.57. The van der Waals surface area contributed by atoms with Crippen molar-refractivity contribution in [1.82, 2.24) is 4.90 Å². The van der Waals surface area contributed by atoms with E-state index in [-0.39, 0.29) is 32.7 Å². The van der Waals surface area contributed by atoms with Gasteiger partial charge in [-0.25, -0.2) is 18.0 Å². The zero-order chi connectivity index (χ0) is 21.3. The molecule has 4 rings (SSSR count). The van der Waals surface area contributed by atoms with Gasteiger partial charge in [-0.3, -0.25) is 9.69 Å². The molecule has 158 valence electrons. The minimum absolute atomic E-state index is 0.124. The Kier molecular flexibility index (Phi) is 5.76. The van der Waals surface area contributed by atoms with Crippen LogP contribution in [0.3, 0.4) is 0 Å². The van der Waals surface area contributed by atoms with Gasteiger partial charge >= 0.3 is 6.09 Å². The lowest BCUT2D eigenvalue weighted by Gasteiger charge is -2.47. The van der Waals surface area contributed by atoms with Gasteiger partial charge in [0.2, 0.25) is 0 Å². The van der Waals surface area contributed by atoms with Crippen molar-refractivity contribution in [3.05, 3.63) is 71.0 Å². The van der Waals surface area contributed by atoms with Crippen LogP contribution in [0.5, 0.6) is 0 Å². The predicted molar refractivity (Wildman–Crippen MR) is 100 cm³/mol. The average molecular weight is 419 g/mol. The molecule has 8 heteroatoms. The maximum absolute atomic E-state index is 14.1. The highest BCUT2D eigenvalue weighted by atomic mass is 19.2. The summed E-state index contributed by atoms with van der Waals surface area (Å²) in [4.78, 5) is 27.1. The Balaban J connectivity index is 1.46. The number of rotatable bonds is 4. The molecule has 2 saturated heterocycles. The molecule has 30 heavy (non-hydrogen) atoms. The predicted octanol–water partition coefficient (Wildman–Crippen LogP) is 4.10. The van der Waals surface area contributed by atoms with Gasteiger partial charge in [-0.15, -0.1) is 0 Å². The molecule has 2 unspecified atom stereocenters. The van der Waals surface area contributed by atoms with E-state index in [2.05, 4.69) is 0 Å². The molecule has 2 aromatic rings. The number of piperidine rings is 1. The number of halogens is 3. The van der Waals surface area contributed by atoms with Crippen molar-refractivity contribution in [1.29, 1.82) is 0 Å². The molecule has 2 bridgehead atoms. The van der Waals surface area contributed by atoms with Crippen LogP contribution < -0.4 is 0 Å². The fraction of sp³-hybridized carbons (Fsp3) is 0.364. The molecule has 2 aliphatic heterocycles. The maximum atomic E-state index is 14.1. The SMILES string of the molecule is O=C(c1cc(F)c(F)cc1F)C1CC2COCC(C1)N2C(=O)OCc1ccccc1. The summed E-state index contributed by atoms with van der Waals surface area (Å²) >= 11 is 0. The topological polar surface area (TPSA) is 55.8 Å². The molecule has 0 saturated carbocycles. The van der Waals surface area contributed by atoms with Crippen LogP contribution in [0, 0.1) is 23.4 Å². The Morgan fingerprint density at radius 1 is 0.967 bits per heavy atom. The van der Waals surface area contributed by atoms with Crippen molar-refractivity contribution >= 4 is 11.9 Å². The Morgan fingerprint density at radius 3 is 2.27 bits per heavy atom. The fourth-order valence-electron chi connectivity index (χ4n) is 4.15. The van der Waals surface area contributed by atoms with E-state index in [1.165, 1.54) is 0 Å². The molecule has 1 amide bonds. The number of hydrogen-bond acceptors (Lipinski definition) is 4. The van der Waals surface area contributed by atoms with Crippen molar-refractivity contribution in [3.8, 4) is 0 Å². The number of morpholine rings is 1. The van der Waals surface area contributed by atoms with Gasteiger partial charge in [0.1, 0.15) is 12.4 Å². The Morgan fingerprint density at radius 2 is 1.60 bits per heavy atom. The highest BCUT2D eigenvalue weighted by Gasteiger charge is 2.45. The van der Waals surface area contributed by atoms with Crippen molar-refractivity contribution in [2.24, 2.45) is 5.92 Å². The molecule has 0 aromatic heterocycles. The van der Waals surface area contributed by atoms with E-state index in [9.17, 15) is 22.8 Å². The third kappa shape index (κ3) is 4.05. The summed E-state index contributed by atoms with van der Waals surface area (Å²) in [6.45, 7) is 0.570. The fourth-order valence-corrected chi connectivity index (χ4v) is 4.15. The van der Waals surface area contributed by atoms with Crippen LogP contribution >= 0.6 is 0 Å². The summed E-state index contributed by atoms with van der Waals surface area (Å²) in [6.07, 6.45) is -0.0374. The van der Waals surface area contributed by atoms with Gasteiger partial charge in [-0.05, 0) is 24.5 Å². The van der Waals surface area contributed by atoms with Crippen LogP contribution in [0.4, 0.5) is 18.0 Å². The van der Waals surface area contributed by atoms with Crippen LogP contribution in [0.2, 0.25) is 0 Å². The van der Waals surface area contributed by atoms with Crippen molar-refractivity contribution in [2.45, 2.75) is 31.5 Å². The van der Waals surface area contributed by atoms with E-state index in [0.29, 0.717) is 12.1 Å². The number of carbonyl (C=O) groups is 2. The summed E-state index contributed by atoms with van der Waals surface area (Å²) in [5.74, 6) is -4.93. The molecule has 2 atom stereocenters. The number of amides is 1. The molecule has 2 aliphatic rings. The second-order valence-electron chi connectivity index (χ2n) is 7.57. The van der Waals surface area contributed by atoms with Gasteiger partial charge in [0.15, 0.2) is 17.4 Å². The van der Waals surface area contributed by atoms with E-state index in [4.69, 9.17) is 9.47 Å². The normalized spacial score (nSPS) is 23.2. The number of Topliss-reactive ketones (excluding diaryl/α,β-unsaturated/α-hetero) is 1. The molecule has 2 aromatic carbocycles. The highest BCUT2D eigenvalue weighted by molar-refractivity contribution is 5.98. The average Bonchev–Trinajstić information content (AvgIpc) is 2.74. The highest BCUT2D eigenvalue weighted by Crippen LogP contribution is 2.34. The Labute approximate surface area is 171 Å². The number of carbonyl (C=O) groups excluding carboxylic acids is 2. The van der Waals surface area contributed by atoms with E-state index in [1.54, 1.807) is 4.90 Å². The first-order chi connectivity index (χ1) is 14.4. The van der Waals surface area contributed by atoms with Crippen LogP contribution in [0.25, 0.3) is 0 Å². The lowest BCUT2D eigenvalue weighted by molar-refractivity contribution is -0.0755. The molecule has 5 nitrogen and oxygen atoms in total. The van der Waals surface area contributed by atoms with Crippen molar-refractivity contribution < 1.29 is 32.2 Å². The third-order valence-corrected chi connectivity index (χ3v) is 5.58. The van der Waals surface area contributed by atoms with Crippen LogP contribution in [-0.4, -0.2) is 42.1 Å². The number of benzene rings is 2. The van der Waals surface area contributed by atoms with E-state index in [1.807, 2.05) is 30.3 Å². The molecule has 0 N–H and O–H groups in total. The van der Waals surface area contributed by atoms with E-state index >= 15 is 0 Å². The quantitative estimate of drug-likeness (QED) is 0.553. The first-order valence-electron chi connectivity index (χ1n) is 9.69. The number of hydrogen-bond donors (Lipinski definition) is 0. The Hall–Kier alpha value is -2.87. The van der Waals surface area contributed by atoms with Gasteiger partial charge in [0.25, 0.3) is 0 Å². The number of ether oxygens (including phenoxy) is 2. The molecule has 2 fully saturated rings. The summed E-state index contributed by atoms with van der Waals surface area (Å²) in [6, 6.07) is 9.40. The lowest BCUT2D eigenvalue weighted by Crippen LogP contribution is -2.60. The van der Waals surface area contributed by atoms with Gasteiger partial charge in [-0.2, -0.15) is 0 Å². The van der Waals surface area contributed by atoms with Gasteiger partial charge in [0, 0.05) is 12.0 Å². The number of ketones is 1. The van der Waals surface area contributed by atoms with E-state index < -0.39 is 52.9 Å². The summed E-state index contributed by atoms with van der Waals surface area (Å²) < 4.78 is 51.7. The van der Waals surface area contributed by atoms with Gasteiger partial charge in [0.05, 0.1) is 30.9 Å². The van der Waals surface area contributed by atoms with E-state index in [0.717, 1.165) is 5.56 Å². The zero-order valence-corrected chi connectivity index (χ0v) is 16.0. The zero-order valence-electron chi connectivity index (χ0n) is 16.0. The first kappa shape index (κ1) is 20.4. The summed E-state index contributed by atoms with van der Waals surface area (Å²) in [5, 5.41) is 0. The second kappa shape index (κ2) is 8.47. The summed E-state index contributed by atoms with van der Waals surface area (Å²) in [7, 11) is 0. The molecule has 0 aliphatic carbocycles. The minimum atomic E-state index is -1.34. The van der Waals surface area contributed by atoms with Crippen LogP contribution in [-0.2, 0) is 16.1 Å². The number of fused-ring (bicyclic) bond motifs is 2. The molecular weight excluding hydrogens is 399 g/mol. The maximum Gasteiger partial charge on any atom is 0.410 e. The Bertz CT molecular complexity index is 939. The monoisotopic (exact) mass is 419 g/mol. The first-order valence-corrected chi connectivity index (χ1v) is 9.69. The third-order valence-electron chi connectivity index (χ3n) is 5.58. The smallest absolute Gasteiger partial charge is 0.410 e. The molecule has 0 radical (unpaired) electrons. The lowest BCUT2D eigenvalue weighted by atomic mass is 9.80. The van der Waals surface area contributed by atoms with Crippen molar-refractivity contribution in [3.63, 3.8) is 0 Å². The summed E-state index contributed by atoms with van der Waals surface area (Å²) in [5.41, 5.74) is 0.379. The number of nitrogens with zero attached hydrogens (tertiary/aromatic N) is 1. The van der Waals surface area contributed by atoms with Crippen molar-refractivity contribution in [2.75, 3.05) is 13.2 Å².